The molecule has 0 aliphatic rings. The molecule has 2 amide bonds. The van der Waals surface area contributed by atoms with E-state index in [-0.39, 0.29) is 5.91 Å². The molecule has 0 unspecified atom stereocenters. The molecule has 0 spiro atoms. The Bertz CT molecular complexity index is 1080. The van der Waals surface area contributed by atoms with E-state index in [1.54, 1.807) is 48.5 Å². The lowest BCUT2D eigenvalue weighted by Crippen LogP contribution is -2.23. The minimum atomic E-state index is -0.580. The second kappa shape index (κ2) is 9.52. The van der Waals surface area contributed by atoms with Crippen LogP contribution in [0.1, 0.15) is 31.8 Å². The van der Waals surface area contributed by atoms with E-state index >= 15 is 0 Å². The summed E-state index contributed by atoms with van der Waals surface area (Å²) in [5, 5.41) is 5.41. The Balaban J connectivity index is 1.62. The highest BCUT2D eigenvalue weighted by atomic mass is 16.5. The van der Waals surface area contributed by atoms with Gasteiger partial charge in [0.15, 0.2) is 6.61 Å². The lowest BCUT2D eigenvalue weighted by Gasteiger charge is -2.12. The fraction of sp³-hybridized carbons (Fsp3) is 0.125. The number of hydrogen-bond donors (Lipinski definition) is 2. The highest BCUT2D eigenvalue weighted by Gasteiger charge is 2.15. The summed E-state index contributed by atoms with van der Waals surface area (Å²) in [5.41, 5.74) is 3.69. The number of amides is 2. The molecular formula is C24H22N2O4. The average molecular weight is 402 g/mol. The number of anilines is 2. The van der Waals surface area contributed by atoms with E-state index in [0.29, 0.717) is 22.5 Å². The van der Waals surface area contributed by atoms with Crippen LogP contribution in [0.3, 0.4) is 0 Å². The number of rotatable bonds is 6. The summed E-state index contributed by atoms with van der Waals surface area (Å²) >= 11 is 0. The first-order valence-corrected chi connectivity index (χ1v) is 9.43. The number of nitrogens with one attached hydrogen (secondary N) is 2. The first kappa shape index (κ1) is 20.8. The maximum Gasteiger partial charge on any atom is 0.338 e. The quantitative estimate of drug-likeness (QED) is 0.601. The van der Waals surface area contributed by atoms with Gasteiger partial charge < -0.3 is 15.4 Å². The van der Waals surface area contributed by atoms with Gasteiger partial charge in [-0.1, -0.05) is 36.4 Å². The smallest absolute Gasteiger partial charge is 0.338 e. The van der Waals surface area contributed by atoms with Crippen LogP contribution in [0.4, 0.5) is 11.4 Å². The van der Waals surface area contributed by atoms with Crippen molar-refractivity contribution in [3.63, 3.8) is 0 Å². The van der Waals surface area contributed by atoms with Crippen LogP contribution in [0.15, 0.2) is 72.8 Å². The standard InChI is InChI=1S/C24H22N2O4/c1-16-12-13-18(14-17(16)2)24(29)30-15-22(27)26-21-11-7-6-10-20(21)23(28)25-19-8-4-3-5-9-19/h3-14H,15H2,1-2H3,(H,25,28)(H,26,27). The number of esters is 1. The fourth-order valence-electron chi connectivity index (χ4n) is 2.78. The minimum Gasteiger partial charge on any atom is -0.452 e. The van der Waals surface area contributed by atoms with Crippen LogP contribution in [0.25, 0.3) is 0 Å². The molecule has 6 heteroatoms. The first-order chi connectivity index (χ1) is 14.4. The van der Waals surface area contributed by atoms with Crippen molar-refractivity contribution in [2.24, 2.45) is 0 Å². The van der Waals surface area contributed by atoms with Crippen LogP contribution in [0.2, 0.25) is 0 Å². The Morgan fingerprint density at radius 2 is 1.50 bits per heavy atom. The zero-order valence-electron chi connectivity index (χ0n) is 16.8. The highest BCUT2D eigenvalue weighted by Crippen LogP contribution is 2.17. The second-order valence-corrected chi connectivity index (χ2v) is 6.79. The van der Waals surface area contributed by atoms with Crippen molar-refractivity contribution in [2.75, 3.05) is 17.2 Å². The summed E-state index contributed by atoms with van der Waals surface area (Å²) in [6.07, 6.45) is 0. The van der Waals surface area contributed by atoms with Gasteiger partial charge in [-0.15, -0.1) is 0 Å². The maximum absolute atomic E-state index is 12.6. The van der Waals surface area contributed by atoms with Gasteiger partial charge in [0.05, 0.1) is 16.8 Å². The summed E-state index contributed by atoms with van der Waals surface area (Å²) < 4.78 is 5.10. The zero-order valence-corrected chi connectivity index (χ0v) is 16.8. The molecule has 30 heavy (non-hydrogen) atoms. The Morgan fingerprint density at radius 3 is 2.23 bits per heavy atom. The molecule has 0 atom stereocenters. The number of para-hydroxylation sites is 2. The zero-order chi connectivity index (χ0) is 21.5. The third-order valence-electron chi connectivity index (χ3n) is 4.55. The summed E-state index contributed by atoms with van der Waals surface area (Å²) in [4.78, 5) is 37.0. The van der Waals surface area contributed by atoms with Crippen molar-refractivity contribution in [3.8, 4) is 0 Å². The van der Waals surface area contributed by atoms with Gasteiger partial charge in [-0.05, 0) is 61.4 Å². The van der Waals surface area contributed by atoms with Gasteiger partial charge in [0.25, 0.3) is 11.8 Å². The number of hydrogen-bond acceptors (Lipinski definition) is 4. The van der Waals surface area contributed by atoms with Crippen molar-refractivity contribution >= 4 is 29.2 Å². The van der Waals surface area contributed by atoms with E-state index in [2.05, 4.69) is 10.6 Å². The first-order valence-electron chi connectivity index (χ1n) is 9.43. The Kier molecular flexibility index (Phi) is 6.60. The normalized spacial score (nSPS) is 10.2. The van der Waals surface area contributed by atoms with Crippen LogP contribution < -0.4 is 10.6 Å². The number of benzene rings is 3. The van der Waals surface area contributed by atoms with Gasteiger partial charge in [-0.3, -0.25) is 9.59 Å². The minimum absolute atomic E-state index is 0.301. The summed E-state index contributed by atoms with van der Waals surface area (Å²) in [5.74, 6) is -1.47. The Morgan fingerprint density at radius 1 is 0.800 bits per heavy atom. The monoisotopic (exact) mass is 402 g/mol. The molecule has 0 aliphatic carbocycles. The summed E-state index contributed by atoms with van der Waals surface area (Å²) in [6.45, 7) is 3.39. The molecule has 2 N–H and O–H groups in total. The van der Waals surface area contributed by atoms with Crippen molar-refractivity contribution in [1.29, 1.82) is 0 Å². The van der Waals surface area contributed by atoms with Crippen LogP contribution in [0.5, 0.6) is 0 Å². The van der Waals surface area contributed by atoms with Crippen LogP contribution in [-0.4, -0.2) is 24.4 Å². The molecule has 152 valence electrons. The van der Waals surface area contributed by atoms with Gasteiger partial charge in [-0.2, -0.15) is 0 Å². The molecule has 3 aromatic rings. The molecule has 0 heterocycles. The largest absolute Gasteiger partial charge is 0.452 e. The molecule has 0 aromatic heterocycles. The number of carbonyl (C=O) groups excluding carboxylic acids is 3. The summed E-state index contributed by atoms with van der Waals surface area (Å²) in [6, 6.07) is 20.8. The molecule has 6 nitrogen and oxygen atoms in total. The van der Waals surface area contributed by atoms with E-state index in [1.807, 2.05) is 38.1 Å². The molecule has 3 rings (SSSR count). The van der Waals surface area contributed by atoms with Crippen molar-refractivity contribution in [2.45, 2.75) is 13.8 Å². The lowest BCUT2D eigenvalue weighted by molar-refractivity contribution is -0.119. The van der Waals surface area contributed by atoms with E-state index in [9.17, 15) is 14.4 Å². The molecule has 0 bridgehead atoms. The van der Waals surface area contributed by atoms with Crippen LogP contribution in [-0.2, 0) is 9.53 Å². The molecule has 0 aliphatic heterocycles. The molecular weight excluding hydrogens is 380 g/mol. The third-order valence-corrected chi connectivity index (χ3v) is 4.55. The number of carbonyl (C=O) groups is 3. The molecule has 0 radical (unpaired) electrons. The Labute approximate surface area is 174 Å². The number of aryl methyl sites for hydroxylation is 2. The van der Waals surface area contributed by atoms with Crippen LogP contribution >= 0.6 is 0 Å². The van der Waals surface area contributed by atoms with Crippen molar-refractivity contribution < 1.29 is 19.1 Å². The van der Waals surface area contributed by atoms with Gasteiger partial charge in [0.2, 0.25) is 0 Å². The lowest BCUT2D eigenvalue weighted by atomic mass is 10.1. The van der Waals surface area contributed by atoms with E-state index in [0.717, 1.165) is 11.1 Å². The molecule has 3 aromatic carbocycles. The SMILES string of the molecule is Cc1ccc(C(=O)OCC(=O)Nc2ccccc2C(=O)Nc2ccccc2)cc1C. The van der Waals surface area contributed by atoms with E-state index in [1.165, 1.54) is 0 Å². The van der Waals surface area contributed by atoms with Gasteiger partial charge in [0.1, 0.15) is 0 Å². The fourth-order valence-corrected chi connectivity index (χ4v) is 2.78. The topological polar surface area (TPSA) is 84.5 Å². The third kappa shape index (κ3) is 5.32. The molecule has 0 saturated carbocycles. The maximum atomic E-state index is 12.6. The molecule has 0 fully saturated rings. The predicted molar refractivity (Wildman–Crippen MR) is 116 cm³/mol. The second-order valence-electron chi connectivity index (χ2n) is 6.79. The number of ether oxygens (including phenoxy) is 1. The van der Waals surface area contributed by atoms with Gasteiger partial charge in [-0.25, -0.2) is 4.79 Å². The van der Waals surface area contributed by atoms with E-state index in [4.69, 9.17) is 4.74 Å². The van der Waals surface area contributed by atoms with Gasteiger partial charge in [0, 0.05) is 5.69 Å². The van der Waals surface area contributed by atoms with E-state index < -0.39 is 18.5 Å². The summed E-state index contributed by atoms with van der Waals surface area (Å²) in [7, 11) is 0. The van der Waals surface area contributed by atoms with Crippen molar-refractivity contribution in [3.05, 3.63) is 95.1 Å². The molecule has 0 saturated heterocycles. The Hall–Kier alpha value is -3.93. The highest BCUT2D eigenvalue weighted by molar-refractivity contribution is 6.10. The predicted octanol–water partition coefficient (Wildman–Crippen LogP) is 4.35. The van der Waals surface area contributed by atoms with Gasteiger partial charge >= 0.3 is 5.97 Å². The van der Waals surface area contributed by atoms with Crippen LogP contribution in [0, 0.1) is 13.8 Å². The van der Waals surface area contributed by atoms with Crippen molar-refractivity contribution in [1.82, 2.24) is 0 Å². The average Bonchev–Trinajstić information content (AvgIpc) is 2.75.